The molecule has 28 heavy (non-hydrogen) atoms. The van der Waals surface area contributed by atoms with Crippen LogP contribution in [0, 0.1) is 11.3 Å². The number of nitriles is 1. The van der Waals surface area contributed by atoms with Gasteiger partial charge in [-0.1, -0.05) is 12.1 Å². The first kappa shape index (κ1) is 20.8. The Bertz CT molecular complexity index is 847. The van der Waals surface area contributed by atoms with Gasteiger partial charge < -0.3 is 20.1 Å². The van der Waals surface area contributed by atoms with Crippen LogP contribution >= 0.6 is 0 Å². The van der Waals surface area contributed by atoms with Gasteiger partial charge in [0.2, 0.25) is 0 Å². The van der Waals surface area contributed by atoms with Crippen LogP contribution in [0.3, 0.4) is 0 Å². The van der Waals surface area contributed by atoms with Crippen LogP contribution in [0.4, 0.5) is 10.5 Å². The molecule has 0 aliphatic heterocycles. The van der Waals surface area contributed by atoms with Gasteiger partial charge in [-0.25, -0.2) is 4.79 Å². The van der Waals surface area contributed by atoms with Crippen molar-refractivity contribution < 1.29 is 19.1 Å². The summed E-state index contributed by atoms with van der Waals surface area (Å²) < 4.78 is 10.3. The van der Waals surface area contributed by atoms with Crippen molar-refractivity contribution in [3.05, 3.63) is 59.7 Å². The van der Waals surface area contributed by atoms with Gasteiger partial charge in [0.05, 0.1) is 0 Å². The Morgan fingerprint density at radius 1 is 1.04 bits per heavy atom. The number of carbonyl (C=O) groups excluding carboxylic acids is 2. The second-order valence-corrected chi connectivity index (χ2v) is 6.98. The molecule has 0 spiro atoms. The van der Waals surface area contributed by atoms with Crippen molar-refractivity contribution in [3.63, 3.8) is 0 Å². The van der Waals surface area contributed by atoms with Crippen LogP contribution in [-0.2, 0) is 11.3 Å². The minimum absolute atomic E-state index is 0.0269. The minimum atomic E-state index is -0.550. The van der Waals surface area contributed by atoms with Gasteiger partial charge >= 0.3 is 6.09 Å². The molecule has 2 N–H and O–H groups in total. The molecule has 2 aromatic carbocycles. The number of amides is 2. The summed E-state index contributed by atoms with van der Waals surface area (Å²) in [5.41, 5.74) is 1.41. The highest BCUT2D eigenvalue weighted by Crippen LogP contribution is 2.16. The van der Waals surface area contributed by atoms with E-state index in [-0.39, 0.29) is 12.5 Å². The molecule has 0 bridgehead atoms. The molecule has 7 nitrogen and oxygen atoms in total. The lowest BCUT2D eigenvalue weighted by atomic mass is 10.1. The molecular weight excluding hydrogens is 358 g/mol. The van der Waals surface area contributed by atoms with E-state index in [0.717, 1.165) is 5.56 Å². The molecule has 0 unspecified atom stereocenters. The molecule has 0 fully saturated rings. The molecule has 0 heterocycles. The minimum Gasteiger partial charge on any atom is -0.479 e. The molecule has 146 valence electrons. The van der Waals surface area contributed by atoms with E-state index in [4.69, 9.17) is 14.7 Å². The third kappa shape index (κ3) is 7.00. The van der Waals surface area contributed by atoms with Gasteiger partial charge in [0.15, 0.2) is 6.61 Å². The van der Waals surface area contributed by atoms with Crippen LogP contribution in [0.25, 0.3) is 0 Å². The maximum absolute atomic E-state index is 12.3. The fourth-order valence-corrected chi connectivity index (χ4v) is 2.22. The number of nitrogens with one attached hydrogen (secondary N) is 2. The monoisotopic (exact) mass is 381 g/mol. The van der Waals surface area contributed by atoms with Gasteiger partial charge in [0.25, 0.3) is 5.91 Å². The van der Waals surface area contributed by atoms with Crippen LogP contribution in [0.5, 0.6) is 5.75 Å². The molecule has 2 aromatic rings. The van der Waals surface area contributed by atoms with E-state index in [1.165, 1.54) is 0 Å². The maximum atomic E-state index is 12.3. The van der Waals surface area contributed by atoms with E-state index >= 15 is 0 Å². The van der Waals surface area contributed by atoms with E-state index in [2.05, 4.69) is 10.6 Å². The Morgan fingerprint density at radius 3 is 2.25 bits per heavy atom. The number of benzene rings is 2. The quantitative estimate of drug-likeness (QED) is 0.791. The Hall–Kier alpha value is -3.53. The van der Waals surface area contributed by atoms with Crippen molar-refractivity contribution in [1.82, 2.24) is 5.32 Å². The van der Waals surface area contributed by atoms with Crippen LogP contribution in [0.15, 0.2) is 48.5 Å². The zero-order chi connectivity index (χ0) is 20.6. The topological polar surface area (TPSA) is 100 Å². The zero-order valence-corrected chi connectivity index (χ0v) is 16.1. The molecule has 7 heteroatoms. The second-order valence-electron chi connectivity index (χ2n) is 6.98. The standard InChI is InChI=1S/C21H23N3O4/c1-21(2,3)28-20(26)23-14-15-4-6-16(7-5-15)19(25)24-17-8-10-18(11-9-17)27-13-12-22/h4-11H,13-14H2,1-3H3,(H,23,26)(H,24,25). The summed E-state index contributed by atoms with van der Waals surface area (Å²) in [7, 11) is 0. The van der Waals surface area contributed by atoms with Gasteiger partial charge in [-0.3, -0.25) is 4.79 Å². The first-order chi connectivity index (χ1) is 13.3. The number of alkyl carbamates (subject to hydrolysis) is 1. The fourth-order valence-electron chi connectivity index (χ4n) is 2.22. The van der Waals surface area contributed by atoms with Crippen LogP contribution < -0.4 is 15.4 Å². The average molecular weight is 381 g/mol. The smallest absolute Gasteiger partial charge is 0.407 e. The van der Waals surface area contributed by atoms with Crippen molar-refractivity contribution in [1.29, 1.82) is 5.26 Å². The number of hydrogen-bond donors (Lipinski definition) is 2. The summed E-state index contributed by atoms with van der Waals surface area (Å²) in [6.45, 7) is 5.68. The molecular formula is C21H23N3O4. The lowest BCUT2D eigenvalue weighted by Gasteiger charge is -2.19. The number of hydrogen-bond acceptors (Lipinski definition) is 5. The van der Waals surface area contributed by atoms with Gasteiger partial charge in [0, 0.05) is 17.8 Å². The molecule has 0 saturated carbocycles. The van der Waals surface area contributed by atoms with Crippen molar-refractivity contribution in [2.45, 2.75) is 32.9 Å². The van der Waals surface area contributed by atoms with Crippen molar-refractivity contribution >= 4 is 17.7 Å². The predicted octanol–water partition coefficient (Wildman–Crippen LogP) is 3.87. The first-order valence-corrected chi connectivity index (χ1v) is 8.74. The highest BCUT2D eigenvalue weighted by Gasteiger charge is 2.15. The Morgan fingerprint density at radius 2 is 1.68 bits per heavy atom. The number of anilines is 1. The predicted molar refractivity (Wildman–Crippen MR) is 105 cm³/mol. The molecule has 0 saturated heterocycles. The van der Waals surface area contributed by atoms with E-state index in [0.29, 0.717) is 23.5 Å². The van der Waals surface area contributed by atoms with Crippen molar-refractivity contribution in [3.8, 4) is 11.8 Å². The Balaban J connectivity index is 1.87. The molecule has 0 atom stereocenters. The van der Waals surface area contributed by atoms with Crippen LogP contribution in [-0.4, -0.2) is 24.2 Å². The fraction of sp³-hybridized carbons (Fsp3) is 0.286. The number of carbonyl (C=O) groups is 2. The van der Waals surface area contributed by atoms with Gasteiger partial charge in [0.1, 0.15) is 17.4 Å². The summed E-state index contributed by atoms with van der Waals surface area (Å²) in [6.07, 6.45) is -0.489. The average Bonchev–Trinajstić information content (AvgIpc) is 2.65. The Labute approximate surface area is 164 Å². The molecule has 0 aliphatic carbocycles. The van der Waals surface area contributed by atoms with Crippen LogP contribution in [0.2, 0.25) is 0 Å². The van der Waals surface area contributed by atoms with Gasteiger partial charge in [-0.2, -0.15) is 5.26 Å². The number of rotatable bonds is 6. The third-order valence-electron chi connectivity index (χ3n) is 3.47. The summed E-state index contributed by atoms with van der Waals surface area (Å²) >= 11 is 0. The van der Waals surface area contributed by atoms with Crippen molar-refractivity contribution in [2.75, 3.05) is 11.9 Å². The van der Waals surface area contributed by atoms with Crippen LogP contribution in [0.1, 0.15) is 36.7 Å². The highest BCUT2D eigenvalue weighted by molar-refractivity contribution is 6.04. The lowest BCUT2D eigenvalue weighted by Crippen LogP contribution is -2.32. The lowest BCUT2D eigenvalue weighted by molar-refractivity contribution is 0.0523. The van der Waals surface area contributed by atoms with E-state index < -0.39 is 11.7 Å². The normalized spacial score (nSPS) is 10.5. The number of ether oxygens (including phenoxy) is 2. The molecule has 2 rings (SSSR count). The first-order valence-electron chi connectivity index (χ1n) is 8.74. The molecule has 2 amide bonds. The number of nitrogens with zero attached hydrogens (tertiary/aromatic N) is 1. The Kier molecular flexibility index (Phi) is 6.99. The molecule has 0 radical (unpaired) electrons. The largest absolute Gasteiger partial charge is 0.479 e. The van der Waals surface area contributed by atoms with Gasteiger partial charge in [-0.05, 0) is 62.7 Å². The SMILES string of the molecule is CC(C)(C)OC(=O)NCc1ccc(C(=O)Nc2ccc(OCC#N)cc2)cc1. The summed E-state index contributed by atoms with van der Waals surface area (Å²) in [6, 6.07) is 15.6. The summed E-state index contributed by atoms with van der Waals surface area (Å²) in [4.78, 5) is 24.0. The highest BCUT2D eigenvalue weighted by atomic mass is 16.6. The third-order valence-corrected chi connectivity index (χ3v) is 3.47. The van der Waals surface area contributed by atoms with E-state index in [9.17, 15) is 9.59 Å². The van der Waals surface area contributed by atoms with E-state index in [1.807, 2.05) is 6.07 Å². The van der Waals surface area contributed by atoms with Gasteiger partial charge in [-0.15, -0.1) is 0 Å². The van der Waals surface area contributed by atoms with E-state index in [1.54, 1.807) is 69.3 Å². The molecule has 0 aromatic heterocycles. The molecule has 0 aliphatic rings. The summed E-state index contributed by atoms with van der Waals surface area (Å²) in [5, 5.41) is 14.0. The van der Waals surface area contributed by atoms with Crippen molar-refractivity contribution in [2.24, 2.45) is 0 Å². The zero-order valence-electron chi connectivity index (χ0n) is 16.1. The maximum Gasteiger partial charge on any atom is 0.407 e. The summed E-state index contributed by atoms with van der Waals surface area (Å²) in [5.74, 6) is 0.304. The second kappa shape index (κ2) is 9.42.